The molecule has 3 unspecified atom stereocenters. The van der Waals surface area contributed by atoms with Gasteiger partial charge >= 0.3 is 0 Å². The van der Waals surface area contributed by atoms with E-state index in [2.05, 4.69) is 51.7 Å². The van der Waals surface area contributed by atoms with E-state index in [9.17, 15) is 5.11 Å². The zero-order valence-electron chi connectivity index (χ0n) is 16.7. The van der Waals surface area contributed by atoms with Crippen molar-refractivity contribution in [2.24, 2.45) is 5.92 Å². The molecular formula is C23H32N4O. The molecule has 3 aliphatic rings. The number of aromatic nitrogens is 3. The average Bonchev–Trinajstić information content (AvgIpc) is 3.47. The Kier molecular flexibility index (Phi) is 5.20. The van der Waals surface area contributed by atoms with Crippen molar-refractivity contribution in [2.45, 2.75) is 75.5 Å². The summed E-state index contributed by atoms with van der Waals surface area (Å²) in [4.78, 5) is 2.55. The summed E-state index contributed by atoms with van der Waals surface area (Å²) in [5.74, 6) is 1.37. The van der Waals surface area contributed by atoms with Gasteiger partial charge < -0.3 is 5.11 Å². The van der Waals surface area contributed by atoms with Gasteiger partial charge in [-0.05, 0) is 43.6 Å². The first kappa shape index (κ1) is 18.3. The van der Waals surface area contributed by atoms with Crippen LogP contribution in [0, 0.1) is 5.92 Å². The van der Waals surface area contributed by atoms with E-state index in [0.717, 1.165) is 31.1 Å². The van der Waals surface area contributed by atoms with Gasteiger partial charge in [-0.1, -0.05) is 54.8 Å². The fourth-order valence-electron chi connectivity index (χ4n) is 5.25. The van der Waals surface area contributed by atoms with Gasteiger partial charge in [-0.3, -0.25) is 4.90 Å². The van der Waals surface area contributed by atoms with E-state index in [4.69, 9.17) is 0 Å². The molecule has 0 spiro atoms. The molecule has 3 atom stereocenters. The van der Waals surface area contributed by atoms with E-state index in [1.165, 1.54) is 50.5 Å². The molecule has 5 heteroatoms. The van der Waals surface area contributed by atoms with E-state index in [0.29, 0.717) is 12.0 Å². The van der Waals surface area contributed by atoms with Gasteiger partial charge in [0, 0.05) is 31.2 Å². The highest BCUT2D eigenvalue weighted by molar-refractivity contribution is 5.20. The number of aliphatic hydroxyl groups excluding tert-OH is 1. The quantitative estimate of drug-likeness (QED) is 0.849. The van der Waals surface area contributed by atoms with Gasteiger partial charge in [0.05, 0.1) is 17.8 Å². The summed E-state index contributed by atoms with van der Waals surface area (Å²) in [6.45, 7) is 1.83. The predicted octanol–water partition coefficient (Wildman–Crippen LogP) is 4.08. The van der Waals surface area contributed by atoms with Crippen molar-refractivity contribution in [1.82, 2.24) is 19.9 Å². The lowest BCUT2D eigenvalue weighted by Crippen LogP contribution is -2.48. The van der Waals surface area contributed by atoms with Crippen LogP contribution in [0.25, 0.3) is 0 Å². The fraction of sp³-hybridized carbons (Fsp3) is 0.652. The smallest absolute Gasteiger partial charge is 0.0892 e. The van der Waals surface area contributed by atoms with E-state index in [1.54, 1.807) is 0 Å². The van der Waals surface area contributed by atoms with E-state index in [1.807, 2.05) is 4.68 Å². The first-order chi connectivity index (χ1) is 13.8. The molecule has 1 N–H and O–H groups in total. The van der Waals surface area contributed by atoms with Crippen LogP contribution < -0.4 is 0 Å². The molecule has 0 radical (unpaired) electrons. The average molecular weight is 381 g/mol. The fourth-order valence-corrected chi connectivity index (χ4v) is 5.25. The Morgan fingerprint density at radius 2 is 1.79 bits per heavy atom. The Morgan fingerprint density at radius 1 is 1.00 bits per heavy atom. The van der Waals surface area contributed by atoms with Crippen molar-refractivity contribution in [1.29, 1.82) is 0 Å². The number of benzene rings is 1. The van der Waals surface area contributed by atoms with Crippen LogP contribution in [0.3, 0.4) is 0 Å². The summed E-state index contributed by atoms with van der Waals surface area (Å²) in [5.41, 5.74) is 2.46. The molecule has 1 aliphatic heterocycles. The van der Waals surface area contributed by atoms with Crippen molar-refractivity contribution in [3.05, 3.63) is 47.8 Å². The standard InChI is InChI=1S/C23H32N4O/c28-23-16-26(14-17-7-3-1-4-8-17)21(19-9-5-2-6-10-19)13-22(23)27-15-20(24-25-27)18-11-12-18/h2,5-6,9-10,15,17-18,21-23,28H,1,3-4,7-8,11-14,16H2. The molecule has 2 heterocycles. The summed E-state index contributed by atoms with van der Waals surface area (Å²) < 4.78 is 1.95. The minimum atomic E-state index is -0.391. The van der Waals surface area contributed by atoms with E-state index in [-0.39, 0.29) is 6.04 Å². The largest absolute Gasteiger partial charge is 0.390 e. The third-order valence-corrected chi connectivity index (χ3v) is 7.04. The maximum absolute atomic E-state index is 11.0. The monoisotopic (exact) mass is 380 g/mol. The van der Waals surface area contributed by atoms with E-state index < -0.39 is 6.10 Å². The molecule has 0 bridgehead atoms. The molecule has 0 amide bonds. The number of piperidine rings is 1. The number of likely N-dealkylation sites (tertiary alicyclic amines) is 1. The Labute approximate surface area is 167 Å². The molecule has 28 heavy (non-hydrogen) atoms. The number of β-amino-alcohol motifs (C(OH)–C–C–N with tert-alkyl or cyclic N) is 1. The number of rotatable bonds is 5. The van der Waals surface area contributed by atoms with Crippen LogP contribution in [0.1, 0.15) is 80.6 Å². The minimum absolute atomic E-state index is 0.00723. The zero-order valence-corrected chi connectivity index (χ0v) is 16.7. The summed E-state index contributed by atoms with van der Waals surface area (Å²) in [6.07, 6.45) is 11.8. The lowest BCUT2D eigenvalue weighted by atomic mass is 9.85. The first-order valence-corrected chi connectivity index (χ1v) is 11.2. The lowest BCUT2D eigenvalue weighted by Gasteiger charge is -2.44. The first-order valence-electron chi connectivity index (χ1n) is 11.2. The molecule has 5 rings (SSSR count). The molecule has 2 aliphatic carbocycles. The maximum atomic E-state index is 11.0. The normalized spacial score (nSPS) is 29.8. The highest BCUT2D eigenvalue weighted by Gasteiger charge is 2.38. The number of aliphatic hydroxyl groups is 1. The molecule has 1 saturated heterocycles. The predicted molar refractivity (Wildman–Crippen MR) is 109 cm³/mol. The molecule has 1 aromatic carbocycles. The Morgan fingerprint density at radius 3 is 2.54 bits per heavy atom. The second-order valence-electron chi connectivity index (χ2n) is 9.15. The summed E-state index contributed by atoms with van der Waals surface area (Å²) in [6, 6.07) is 11.2. The van der Waals surface area contributed by atoms with Gasteiger partial charge in [-0.25, -0.2) is 4.68 Å². The van der Waals surface area contributed by atoms with Crippen LogP contribution in [-0.4, -0.2) is 44.2 Å². The highest BCUT2D eigenvalue weighted by atomic mass is 16.3. The molecule has 2 saturated carbocycles. The maximum Gasteiger partial charge on any atom is 0.0892 e. The van der Waals surface area contributed by atoms with Gasteiger partial charge in [-0.2, -0.15) is 0 Å². The van der Waals surface area contributed by atoms with Gasteiger partial charge in [0.1, 0.15) is 0 Å². The number of hydrogen-bond donors (Lipinski definition) is 1. The highest BCUT2D eigenvalue weighted by Crippen LogP contribution is 2.41. The molecule has 1 aromatic heterocycles. The minimum Gasteiger partial charge on any atom is -0.390 e. The third kappa shape index (κ3) is 3.87. The van der Waals surface area contributed by atoms with Crippen LogP contribution >= 0.6 is 0 Å². The second-order valence-corrected chi connectivity index (χ2v) is 9.15. The van der Waals surface area contributed by atoms with Crippen LogP contribution in [-0.2, 0) is 0 Å². The SMILES string of the molecule is OC1CN(CC2CCCCC2)C(c2ccccc2)CC1n1cc(C2CC2)nn1. The van der Waals surface area contributed by atoms with Crippen LogP contribution in [0.2, 0.25) is 0 Å². The summed E-state index contributed by atoms with van der Waals surface area (Å²) in [7, 11) is 0. The second kappa shape index (κ2) is 7.96. The lowest BCUT2D eigenvalue weighted by molar-refractivity contribution is -0.0181. The van der Waals surface area contributed by atoms with Gasteiger partial charge in [0.25, 0.3) is 0 Å². The topological polar surface area (TPSA) is 54.2 Å². The third-order valence-electron chi connectivity index (χ3n) is 7.04. The molecule has 3 fully saturated rings. The van der Waals surface area contributed by atoms with Crippen LogP contribution in [0.15, 0.2) is 36.5 Å². The van der Waals surface area contributed by atoms with Crippen molar-refractivity contribution in [2.75, 3.05) is 13.1 Å². The molecule has 150 valence electrons. The molecule has 2 aromatic rings. The van der Waals surface area contributed by atoms with Gasteiger partial charge in [0.15, 0.2) is 0 Å². The van der Waals surface area contributed by atoms with Crippen molar-refractivity contribution in [3.8, 4) is 0 Å². The van der Waals surface area contributed by atoms with Crippen molar-refractivity contribution < 1.29 is 5.11 Å². The summed E-state index contributed by atoms with van der Waals surface area (Å²) >= 11 is 0. The Bertz CT molecular complexity index is 766. The van der Waals surface area contributed by atoms with Gasteiger partial charge in [-0.15, -0.1) is 5.10 Å². The van der Waals surface area contributed by atoms with Gasteiger partial charge in [0.2, 0.25) is 0 Å². The zero-order chi connectivity index (χ0) is 18.9. The summed E-state index contributed by atoms with van der Waals surface area (Å²) in [5, 5.41) is 19.8. The van der Waals surface area contributed by atoms with Crippen molar-refractivity contribution >= 4 is 0 Å². The Balaban J connectivity index is 1.37. The van der Waals surface area contributed by atoms with Crippen LogP contribution in [0.4, 0.5) is 0 Å². The molecular weight excluding hydrogens is 348 g/mol. The van der Waals surface area contributed by atoms with Crippen LogP contribution in [0.5, 0.6) is 0 Å². The van der Waals surface area contributed by atoms with E-state index >= 15 is 0 Å². The Hall–Kier alpha value is -1.72. The number of nitrogens with zero attached hydrogens (tertiary/aromatic N) is 4. The molecule has 5 nitrogen and oxygen atoms in total. The van der Waals surface area contributed by atoms with Crippen molar-refractivity contribution in [3.63, 3.8) is 0 Å². The number of hydrogen-bond acceptors (Lipinski definition) is 4.